The lowest BCUT2D eigenvalue weighted by atomic mass is 10.1. The molecule has 1 aromatic carbocycles. The number of aromatic amines is 1. The Hall–Kier alpha value is -2.90. The molecule has 0 saturated heterocycles. The van der Waals surface area contributed by atoms with E-state index in [4.69, 9.17) is 5.11 Å². The molecule has 8 nitrogen and oxygen atoms in total. The van der Waals surface area contributed by atoms with Crippen LogP contribution in [0.3, 0.4) is 0 Å². The van der Waals surface area contributed by atoms with Crippen molar-refractivity contribution >= 4 is 22.8 Å². The molecule has 25 heavy (non-hydrogen) atoms. The van der Waals surface area contributed by atoms with Gasteiger partial charge in [-0.15, -0.1) is 0 Å². The van der Waals surface area contributed by atoms with Gasteiger partial charge in [-0.25, -0.2) is 4.79 Å². The molecule has 134 valence electrons. The number of aromatic nitrogens is 2. The molecule has 0 aliphatic heterocycles. The number of H-pyrrole nitrogens is 1. The average Bonchev–Trinajstić information content (AvgIpc) is 2.52. The Morgan fingerprint density at radius 1 is 1.28 bits per heavy atom. The molecule has 0 radical (unpaired) electrons. The van der Waals surface area contributed by atoms with Gasteiger partial charge in [-0.1, -0.05) is 13.8 Å². The van der Waals surface area contributed by atoms with Crippen LogP contribution in [0.25, 0.3) is 10.9 Å². The molecule has 0 fully saturated rings. The number of carboxylic acid groups (broad SMARTS) is 1. The highest BCUT2D eigenvalue weighted by Crippen LogP contribution is 2.13. The number of nitrogens with one attached hydrogen (secondary N) is 1. The fourth-order valence-electron chi connectivity index (χ4n) is 2.68. The maximum Gasteiger partial charge on any atom is 0.328 e. The highest BCUT2D eigenvalue weighted by Gasteiger charge is 2.20. The maximum atomic E-state index is 12.6. The molecule has 8 heteroatoms. The number of amides is 1. The van der Waals surface area contributed by atoms with E-state index in [1.165, 1.54) is 23.1 Å². The van der Waals surface area contributed by atoms with Gasteiger partial charge in [-0.2, -0.15) is 0 Å². The summed E-state index contributed by atoms with van der Waals surface area (Å²) in [4.78, 5) is 51.7. The topological polar surface area (TPSA) is 112 Å². The summed E-state index contributed by atoms with van der Waals surface area (Å²) in [6, 6.07) is 4.36. The second-order valence-electron chi connectivity index (χ2n) is 6.21. The standard InChI is InChI=1S/C17H21N3O5/c1-4-20-16(24)12-6-5-11(7-13(12)18-17(20)25)15(23)19(8-10(2)3)9-14(21)22/h5-7,10H,4,8-9H2,1-3H3,(H,18,25)(H,21,22). The number of aliphatic carboxylic acids is 1. The molecule has 0 aliphatic carbocycles. The molecule has 2 aromatic rings. The van der Waals surface area contributed by atoms with Crippen LogP contribution in [-0.4, -0.2) is 44.5 Å². The third-order valence-electron chi connectivity index (χ3n) is 3.74. The van der Waals surface area contributed by atoms with Gasteiger partial charge >= 0.3 is 11.7 Å². The molecule has 1 aromatic heterocycles. The van der Waals surface area contributed by atoms with Gasteiger partial charge < -0.3 is 15.0 Å². The van der Waals surface area contributed by atoms with E-state index in [9.17, 15) is 19.2 Å². The monoisotopic (exact) mass is 347 g/mol. The largest absolute Gasteiger partial charge is 0.480 e. The Morgan fingerprint density at radius 2 is 1.96 bits per heavy atom. The van der Waals surface area contributed by atoms with E-state index in [0.717, 1.165) is 4.57 Å². The summed E-state index contributed by atoms with van der Waals surface area (Å²) in [6.45, 7) is 5.57. The van der Waals surface area contributed by atoms with Crippen LogP contribution in [0.2, 0.25) is 0 Å². The van der Waals surface area contributed by atoms with Crippen molar-refractivity contribution in [3.8, 4) is 0 Å². The number of carbonyl (C=O) groups excluding carboxylic acids is 1. The minimum Gasteiger partial charge on any atom is -0.480 e. The number of hydrogen-bond donors (Lipinski definition) is 2. The van der Waals surface area contributed by atoms with E-state index in [1.54, 1.807) is 6.92 Å². The average molecular weight is 347 g/mol. The van der Waals surface area contributed by atoms with Crippen LogP contribution in [0.15, 0.2) is 27.8 Å². The summed E-state index contributed by atoms with van der Waals surface area (Å²) < 4.78 is 1.07. The molecular weight excluding hydrogens is 326 g/mol. The fraction of sp³-hybridized carbons (Fsp3) is 0.412. The van der Waals surface area contributed by atoms with Gasteiger partial charge in [-0.3, -0.25) is 19.0 Å². The summed E-state index contributed by atoms with van der Waals surface area (Å²) in [5.41, 5.74) is -0.497. The van der Waals surface area contributed by atoms with E-state index >= 15 is 0 Å². The highest BCUT2D eigenvalue weighted by molar-refractivity contribution is 5.98. The number of nitrogens with zero attached hydrogens (tertiary/aromatic N) is 2. The third-order valence-corrected chi connectivity index (χ3v) is 3.74. The molecule has 0 bridgehead atoms. The Kier molecular flexibility index (Phi) is 5.41. The first kappa shape index (κ1) is 18.4. The summed E-state index contributed by atoms with van der Waals surface area (Å²) in [7, 11) is 0. The first-order valence-corrected chi connectivity index (χ1v) is 8.02. The van der Waals surface area contributed by atoms with Crippen molar-refractivity contribution in [2.45, 2.75) is 27.3 Å². The van der Waals surface area contributed by atoms with Crippen molar-refractivity contribution in [2.75, 3.05) is 13.1 Å². The number of hydrogen-bond acceptors (Lipinski definition) is 4. The smallest absolute Gasteiger partial charge is 0.328 e. The summed E-state index contributed by atoms with van der Waals surface area (Å²) in [5, 5.41) is 9.31. The highest BCUT2D eigenvalue weighted by atomic mass is 16.4. The Balaban J connectivity index is 2.49. The van der Waals surface area contributed by atoms with Gasteiger partial charge in [0.2, 0.25) is 0 Å². The first-order valence-electron chi connectivity index (χ1n) is 8.02. The maximum absolute atomic E-state index is 12.6. The summed E-state index contributed by atoms with van der Waals surface area (Å²) >= 11 is 0. The predicted octanol–water partition coefficient (Wildman–Crippen LogP) is 0.892. The van der Waals surface area contributed by atoms with Crippen LogP contribution in [0.5, 0.6) is 0 Å². The Morgan fingerprint density at radius 3 is 2.52 bits per heavy atom. The van der Waals surface area contributed by atoms with Crippen LogP contribution in [0.4, 0.5) is 0 Å². The zero-order valence-corrected chi connectivity index (χ0v) is 14.4. The van der Waals surface area contributed by atoms with E-state index in [0.29, 0.717) is 5.39 Å². The lowest BCUT2D eigenvalue weighted by molar-refractivity contribution is -0.137. The SMILES string of the molecule is CCn1c(=O)[nH]c2cc(C(=O)N(CC(=O)O)CC(C)C)ccc2c1=O. The quantitative estimate of drug-likeness (QED) is 0.806. The van der Waals surface area contributed by atoms with Crippen molar-refractivity contribution in [2.24, 2.45) is 5.92 Å². The summed E-state index contributed by atoms with van der Waals surface area (Å²) in [6.07, 6.45) is 0. The van der Waals surface area contributed by atoms with Gasteiger partial charge in [0.25, 0.3) is 11.5 Å². The number of rotatable bonds is 6. The van der Waals surface area contributed by atoms with Gasteiger partial charge in [0.15, 0.2) is 0 Å². The van der Waals surface area contributed by atoms with Crippen molar-refractivity contribution in [3.05, 3.63) is 44.6 Å². The minimum atomic E-state index is -1.10. The summed E-state index contributed by atoms with van der Waals surface area (Å²) in [5.74, 6) is -1.46. The van der Waals surface area contributed by atoms with E-state index in [2.05, 4.69) is 4.98 Å². The van der Waals surface area contributed by atoms with Crippen molar-refractivity contribution < 1.29 is 14.7 Å². The molecule has 2 rings (SSSR count). The van der Waals surface area contributed by atoms with Gasteiger partial charge in [0, 0.05) is 18.7 Å². The third kappa shape index (κ3) is 3.96. The van der Waals surface area contributed by atoms with Crippen molar-refractivity contribution in [1.82, 2.24) is 14.5 Å². The number of carbonyl (C=O) groups is 2. The molecule has 1 heterocycles. The molecule has 0 saturated carbocycles. The van der Waals surface area contributed by atoms with Gasteiger partial charge in [0.1, 0.15) is 6.54 Å². The van der Waals surface area contributed by atoms with Gasteiger partial charge in [0.05, 0.1) is 10.9 Å². The van der Waals surface area contributed by atoms with E-state index in [1.807, 2.05) is 13.8 Å². The van der Waals surface area contributed by atoms with E-state index in [-0.39, 0.29) is 30.1 Å². The van der Waals surface area contributed by atoms with E-state index < -0.39 is 29.7 Å². The molecule has 0 aliphatic rings. The zero-order valence-electron chi connectivity index (χ0n) is 14.4. The van der Waals surface area contributed by atoms with Gasteiger partial charge in [-0.05, 0) is 31.0 Å². The van der Waals surface area contributed by atoms with Crippen molar-refractivity contribution in [3.63, 3.8) is 0 Å². The fourth-order valence-corrected chi connectivity index (χ4v) is 2.68. The molecular formula is C17H21N3O5. The molecule has 2 N–H and O–H groups in total. The normalized spacial score (nSPS) is 11.0. The molecule has 0 spiro atoms. The van der Waals surface area contributed by atoms with Crippen LogP contribution < -0.4 is 11.2 Å². The molecule has 1 amide bonds. The zero-order chi connectivity index (χ0) is 18.7. The number of carboxylic acids is 1. The van der Waals surface area contributed by atoms with Crippen LogP contribution >= 0.6 is 0 Å². The second-order valence-corrected chi connectivity index (χ2v) is 6.21. The molecule has 0 unspecified atom stereocenters. The van der Waals surface area contributed by atoms with Crippen LogP contribution in [-0.2, 0) is 11.3 Å². The second kappa shape index (κ2) is 7.33. The number of fused-ring (bicyclic) bond motifs is 1. The Labute approximate surface area is 143 Å². The molecule has 0 atom stereocenters. The van der Waals surface area contributed by atoms with Crippen molar-refractivity contribution in [1.29, 1.82) is 0 Å². The van der Waals surface area contributed by atoms with Crippen LogP contribution in [0.1, 0.15) is 31.1 Å². The predicted molar refractivity (Wildman–Crippen MR) is 92.9 cm³/mol. The van der Waals surface area contributed by atoms with Crippen LogP contribution in [0, 0.1) is 5.92 Å². The first-order chi connectivity index (χ1) is 11.7. The Bertz CT molecular complexity index is 926. The minimum absolute atomic E-state index is 0.0975. The number of benzene rings is 1. The lowest BCUT2D eigenvalue weighted by Gasteiger charge is -2.22. The lowest BCUT2D eigenvalue weighted by Crippen LogP contribution is -2.38.